The fourth-order valence-electron chi connectivity index (χ4n) is 5.13. The minimum Gasteiger partial charge on any atom is -0.497 e. The van der Waals surface area contributed by atoms with Crippen LogP contribution >= 0.6 is 0 Å². The van der Waals surface area contributed by atoms with Gasteiger partial charge in [-0.1, -0.05) is 12.1 Å². The smallest absolute Gasteiger partial charge is 0.267 e. The first kappa shape index (κ1) is 24.0. The first-order chi connectivity index (χ1) is 17.5. The van der Waals surface area contributed by atoms with Crippen molar-refractivity contribution in [3.63, 3.8) is 0 Å². The van der Waals surface area contributed by atoms with Gasteiger partial charge in [-0.3, -0.25) is 9.59 Å². The molecule has 1 amide bonds. The van der Waals surface area contributed by atoms with E-state index in [4.69, 9.17) is 9.47 Å². The zero-order valence-corrected chi connectivity index (χ0v) is 20.4. The van der Waals surface area contributed by atoms with Crippen molar-refractivity contribution in [2.24, 2.45) is 0 Å². The number of methoxy groups -OCH3 is 1. The van der Waals surface area contributed by atoms with Crippen molar-refractivity contribution in [3.8, 4) is 11.5 Å². The van der Waals surface area contributed by atoms with Crippen LogP contribution in [-0.4, -0.2) is 47.3 Å². The van der Waals surface area contributed by atoms with Gasteiger partial charge in [-0.15, -0.1) is 0 Å². The number of rotatable bonds is 6. The van der Waals surface area contributed by atoms with Crippen molar-refractivity contribution in [2.45, 2.75) is 51.0 Å². The Bertz CT molecular complexity index is 1310. The molecule has 1 aliphatic heterocycles. The number of halogens is 1. The van der Waals surface area contributed by atoms with Crippen LogP contribution in [0.3, 0.4) is 0 Å². The molecule has 7 nitrogen and oxygen atoms in total. The molecule has 0 bridgehead atoms. The van der Waals surface area contributed by atoms with E-state index in [0.717, 1.165) is 59.6 Å². The second-order valence-electron chi connectivity index (χ2n) is 9.44. The number of amides is 1. The summed E-state index contributed by atoms with van der Waals surface area (Å²) in [4.78, 5) is 27.1. The van der Waals surface area contributed by atoms with E-state index >= 15 is 0 Å². The number of hydrogen-bond donors (Lipinski definition) is 1. The minimum absolute atomic E-state index is 0.0187. The first-order valence-corrected chi connectivity index (χ1v) is 12.5. The molecule has 2 heterocycles. The van der Waals surface area contributed by atoms with Crippen LogP contribution in [-0.2, 0) is 19.3 Å². The van der Waals surface area contributed by atoms with Gasteiger partial charge in [0.15, 0.2) is 0 Å². The summed E-state index contributed by atoms with van der Waals surface area (Å²) in [5, 5.41) is 6.88. The maximum absolute atomic E-state index is 14.7. The Kier molecular flexibility index (Phi) is 7.02. The Balaban J connectivity index is 1.26. The molecular weight excluding hydrogens is 461 g/mol. The van der Waals surface area contributed by atoms with Gasteiger partial charge >= 0.3 is 0 Å². The molecule has 0 unspecified atom stereocenters. The van der Waals surface area contributed by atoms with Gasteiger partial charge in [0, 0.05) is 44.0 Å². The Morgan fingerprint density at radius 1 is 1.08 bits per heavy atom. The zero-order chi connectivity index (χ0) is 25.1. The summed E-state index contributed by atoms with van der Waals surface area (Å²) in [5.41, 5.74) is 3.34. The Morgan fingerprint density at radius 3 is 2.61 bits per heavy atom. The molecule has 188 valence electrons. The molecule has 3 aromatic rings. The first-order valence-electron chi connectivity index (χ1n) is 12.5. The van der Waals surface area contributed by atoms with E-state index in [-0.39, 0.29) is 23.1 Å². The molecule has 1 aliphatic carbocycles. The molecule has 1 N–H and O–H groups in total. The molecule has 36 heavy (non-hydrogen) atoms. The van der Waals surface area contributed by atoms with E-state index in [1.165, 1.54) is 6.07 Å². The second kappa shape index (κ2) is 10.5. The Labute approximate surface area is 209 Å². The highest BCUT2D eigenvalue weighted by Gasteiger charge is 2.27. The van der Waals surface area contributed by atoms with Crippen LogP contribution in [0, 0.1) is 5.82 Å². The molecule has 1 aromatic heterocycles. The number of nitrogens with one attached hydrogen (secondary N) is 1. The largest absolute Gasteiger partial charge is 0.497 e. The lowest BCUT2D eigenvalue weighted by atomic mass is 9.90. The number of carbonyl (C=O) groups excluding carboxylic acids is 1. The fraction of sp³-hybridized carbons (Fsp3) is 0.393. The monoisotopic (exact) mass is 491 g/mol. The third kappa shape index (κ3) is 5.12. The summed E-state index contributed by atoms with van der Waals surface area (Å²) in [6.07, 6.45) is 5.35. The summed E-state index contributed by atoms with van der Waals surface area (Å²) < 4.78 is 26.0. The van der Waals surface area contributed by atoms with E-state index < -0.39 is 5.82 Å². The molecule has 5 rings (SSSR count). The number of aromatic amines is 1. The van der Waals surface area contributed by atoms with Crippen LogP contribution in [0.5, 0.6) is 11.5 Å². The molecule has 2 aromatic carbocycles. The van der Waals surface area contributed by atoms with Crippen LogP contribution in [0.25, 0.3) is 0 Å². The molecule has 0 radical (unpaired) electrons. The van der Waals surface area contributed by atoms with E-state index in [1.54, 1.807) is 24.1 Å². The van der Waals surface area contributed by atoms with E-state index in [0.29, 0.717) is 32.4 Å². The van der Waals surface area contributed by atoms with E-state index in [9.17, 15) is 14.0 Å². The fourth-order valence-corrected chi connectivity index (χ4v) is 5.13. The van der Waals surface area contributed by atoms with Crippen LogP contribution in [0.4, 0.5) is 4.39 Å². The Morgan fingerprint density at radius 2 is 1.83 bits per heavy atom. The third-order valence-electron chi connectivity index (χ3n) is 7.09. The van der Waals surface area contributed by atoms with Gasteiger partial charge in [0.1, 0.15) is 23.4 Å². The van der Waals surface area contributed by atoms with Crippen molar-refractivity contribution >= 4 is 5.91 Å². The van der Waals surface area contributed by atoms with E-state index in [2.05, 4.69) is 10.2 Å². The predicted octanol–water partition coefficient (Wildman–Crippen LogP) is 4.07. The van der Waals surface area contributed by atoms with Gasteiger partial charge in [-0.05, 0) is 61.1 Å². The molecule has 0 spiro atoms. The molecule has 0 atom stereocenters. The molecule has 8 heteroatoms. The summed E-state index contributed by atoms with van der Waals surface area (Å²) in [5.74, 6) is 0.615. The standard InChI is InChI=1S/C28H30FN3O4/c1-35-20-5-4-6-21(17-20)36-19-11-13-32(14-12-19)28(34)24-15-18(9-10-25(24)29)16-26-22-7-2-3-8-23(22)27(33)31-30-26/h4-6,9-10,15,17,19H,2-3,7-8,11-14,16H2,1H3,(H,31,33). The Hall–Kier alpha value is -3.68. The van der Waals surface area contributed by atoms with Gasteiger partial charge < -0.3 is 14.4 Å². The molecule has 1 fully saturated rings. The highest BCUT2D eigenvalue weighted by molar-refractivity contribution is 5.94. The van der Waals surface area contributed by atoms with Crippen molar-refractivity contribution in [2.75, 3.05) is 20.2 Å². The summed E-state index contributed by atoms with van der Waals surface area (Å²) in [6.45, 7) is 0.984. The van der Waals surface area contributed by atoms with Crippen LogP contribution < -0.4 is 15.0 Å². The third-order valence-corrected chi connectivity index (χ3v) is 7.09. The normalized spacial score (nSPS) is 15.9. The average Bonchev–Trinajstić information content (AvgIpc) is 2.91. The predicted molar refractivity (Wildman–Crippen MR) is 133 cm³/mol. The summed E-state index contributed by atoms with van der Waals surface area (Å²) in [7, 11) is 1.61. The van der Waals surface area contributed by atoms with Crippen molar-refractivity contribution < 1.29 is 18.7 Å². The van der Waals surface area contributed by atoms with Crippen molar-refractivity contribution in [1.29, 1.82) is 0 Å². The number of hydrogen-bond acceptors (Lipinski definition) is 5. The number of H-pyrrole nitrogens is 1. The number of piperidine rings is 1. The SMILES string of the molecule is COc1cccc(OC2CCN(C(=O)c3cc(Cc4n[nH]c(=O)c5c4CCCC5)ccc3F)CC2)c1. The zero-order valence-electron chi connectivity index (χ0n) is 20.4. The number of carbonyl (C=O) groups is 1. The van der Waals surface area contributed by atoms with E-state index in [1.807, 2.05) is 24.3 Å². The molecular formula is C28H30FN3O4. The summed E-state index contributed by atoms with van der Waals surface area (Å²) >= 11 is 0. The van der Waals surface area contributed by atoms with Crippen molar-refractivity contribution in [1.82, 2.24) is 15.1 Å². The second-order valence-corrected chi connectivity index (χ2v) is 9.44. The number of benzene rings is 2. The molecule has 2 aliphatic rings. The number of aromatic nitrogens is 2. The topological polar surface area (TPSA) is 84.5 Å². The van der Waals surface area contributed by atoms with Gasteiger partial charge in [0.25, 0.3) is 11.5 Å². The number of fused-ring (bicyclic) bond motifs is 1. The number of ether oxygens (including phenoxy) is 2. The average molecular weight is 492 g/mol. The minimum atomic E-state index is -0.532. The van der Waals surface area contributed by atoms with Crippen LogP contribution in [0.15, 0.2) is 47.3 Å². The quantitative estimate of drug-likeness (QED) is 0.562. The lowest BCUT2D eigenvalue weighted by molar-refractivity contribution is 0.0591. The lowest BCUT2D eigenvalue weighted by Gasteiger charge is -2.32. The summed E-state index contributed by atoms with van der Waals surface area (Å²) in [6, 6.07) is 12.1. The van der Waals surface area contributed by atoms with Crippen molar-refractivity contribution in [3.05, 3.63) is 86.6 Å². The van der Waals surface area contributed by atoms with Gasteiger partial charge in [0.2, 0.25) is 0 Å². The molecule has 0 saturated carbocycles. The van der Waals surface area contributed by atoms with Gasteiger partial charge in [0.05, 0.1) is 18.4 Å². The highest BCUT2D eigenvalue weighted by Crippen LogP contribution is 2.26. The van der Waals surface area contributed by atoms with Crippen LogP contribution in [0.1, 0.15) is 58.4 Å². The maximum atomic E-state index is 14.7. The van der Waals surface area contributed by atoms with Gasteiger partial charge in [-0.2, -0.15) is 5.10 Å². The van der Waals surface area contributed by atoms with Gasteiger partial charge in [-0.25, -0.2) is 9.49 Å². The number of likely N-dealkylation sites (tertiary alicyclic amines) is 1. The molecule has 1 saturated heterocycles. The highest BCUT2D eigenvalue weighted by atomic mass is 19.1. The number of nitrogens with zero attached hydrogens (tertiary/aromatic N) is 2. The maximum Gasteiger partial charge on any atom is 0.267 e. The lowest BCUT2D eigenvalue weighted by Crippen LogP contribution is -2.42. The van der Waals surface area contributed by atoms with Crippen LogP contribution in [0.2, 0.25) is 0 Å².